The fraction of sp³-hybridized carbons (Fsp3) is 0.714. The highest BCUT2D eigenvalue weighted by Crippen LogP contribution is 2.05. The fourth-order valence-electron chi connectivity index (χ4n) is 0.605. The zero-order chi connectivity index (χ0) is 8.20. The maximum absolute atomic E-state index is 10.8. The van der Waals surface area contributed by atoms with Gasteiger partial charge in [-0.15, -0.1) is 0 Å². The molecule has 0 aromatic carbocycles. The lowest BCUT2D eigenvalue weighted by atomic mass is 10.1. The second kappa shape index (κ2) is 3.56. The Hall–Kier alpha value is -0.570. The first-order valence-electron chi connectivity index (χ1n) is 3.25. The fourth-order valence-corrected chi connectivity index (χ4v) is 0.605. The number of carbonyl (C=O) groups excluding carboxylic acids is 1. The van der Waals surface area contributed by atoms with Gasteiger partial charge in [0.1, 0.15) is 0 Å². The quantitative estimate of drug-likeness (QED) is 0.604. The lowest BCUT2D eigenvalue weighted by Gasteiger charge is -2.15. The van der Waals surface area contributed by atoms with Gasteiger partial charge >= 0.3 is 0 Å². The summed E-state index contributed by atoms with van der Waals surface area (Å²) in [6, 6.07) is 0. The standard InChI is InChI=1S/C7H14NO2/c1-4-8-6(9)5-7(2,3)10/h4,10H,5H2,1-3H3,(H,8,9). The summed E-state index contributed by atoms with van der Waals surface area (Å²) in [5.41, 5.74) is -0.910. The molecule has 3 nitrogen and oxygen atoms in total. The number of hydrogen-bond acceptors (Lipinski definition) is 2. The maximum atomic E-state index is 10.8. The molecule has 59 valence electrons. The Kier molecular flexibility index (Phi) is 3.36. The van der Waals surface area contributed by atoms with Gasteiger partial charge in [-0.1, -0.05) is 0 Å². The summed E-state index contributed by atoms with van der Waals surface area (Å²) < 4.78 is 0. The molecule has 1 amide bonds. The van der Waals surface area contributed by atoms with Crippen LogP contribution < -0.4 is 5.32 Å². The molecule has 0 saturated carbocycles. The van der Waals surface area contributed by atoms with Crippen LogP contribution in [0.2, 0.25) is 0 Å². The zero-order valence-corrected chi connectivity index (χ0v) is 6.64. The SMILES string of the molecule is C[CH]NC(=O)CC(C)(C)O. The molecule has 0 aliphatic rings. The topological polar surface area (TPSA) is 49.3 Å². The zero-order valence-electron chi connectivity index (χ0n) is 6.64. The molecule has 0 unspecified atom stereocenters. The van der Waals surface area contributed by atoms with E-state index in [2.05, 4.69) is 5.32 Å². The van der Waals surface area contributed by atoms with Crippen molar-refractivity contribution in [1.82, 2.24) is 5.32 Å². The van der Waals surface area contributed by atoms with Crippen LogP contribution in [0.1, 0.15) is 27.2 Å². The minimum atomic E-state index is -0.910. The van der Waals surface area contributed by atoms with Gasteiger partial charge in [0, 0.05) is 6.54 Å². The minimum absolute atomic E-state index is 0.136. The van der Waals surface area contributed by atoms with E-state index in [1.165, 1.54) is 0 Å². The number of nitrogens with one attached hydrogen (secondary N) is 1. The third-order valence-corrected chi connectivity index (χ3v) is 0.898. The Morgan fingerprint density at radius 3 is 2.50 bits per heavy atom. The molecule has 3 heteroatoms. The van der Waals surface area contributed by atoms with Crippen LogP contribution in [-0.4, -0.2) is 16.6 Å². The monoisotopic (exact) mass is 144 g/mol. The number of amides is 1. The first-order valence-corrected chi connectivity index (χ1v) is 3.25. The molecule has 0 atom stereocenters. The molecule has 1 radical (unpaired) electrons. The summed E-state index contributed by atoms with van der Waals surface area (Å²) in [5, 5.41) is 11.6. The summed E-state index contributed by atoms with van der Waals surface area (Å²) in [4.78, 5) is 10.8. The number of aliphatic hydroxyl groups is 1. The van der Waals surface area contributed by atoms with Crippen molar-refractivity contribution in [1.29, 1.82) is 0 Å². The Labute approximate surface area is 61.4 Å². The highest BCUT2D eigenvalue weighted by atomic mass is 16.3. The molecule has 0 aliphatic heterocycles. The molecule has 0 aromatic rings. The van der Waals surface area contributed by atoms with Gasteiger partial charge in [-0.25, -0.2) is 0 Å². The predicted molar refractivity (Wildman–Crippen MR) is 39.0 cm³/mol. The molecular weight excluding hydrogens is 130 g/mol. The van der Waals surface area contributed by atoms with Gasteiger partial charge in [-0.05, 0) is 20.8 Å². The maximum Gasteiger partial charge on any atom is 0.223 e. The third kappa shape index (κ3) is 5.56. The van der Waals surface area contributed by atoms with E-state index in [4.69, 9.17) is 5.11 Å². The average molecular weight is 144 g/mol. The molecule has 0 heterocycles. The van der Waals surface area contributed by atoms with E-state index in [1.54, 1.807) is 27.3 Å². The largest absolute Gasteiger partial charge is 0.390 e. The predicted octanol–water partition coefficient (Wildman–Crippen LogP) is 0.445. The summed E-state index contributed by atoms with van der Waals surface area (Å²) in [6.45, 7) is 6.47. The summed E-state index contributed by atoms with van der Waals surface area (Å²) >= 11 is 0. The van der Waals surface area contributed by atoms with Crippen molar-refractivity contribution in [2.75, 3.05) is 0 Å². The van der Waals surface area contributed by atoms with Gasteiger partial charge in [-0.3, -0.25) is 4.79 Å². The van der Waals surface area contributed by atoms with Gasteiger partial charge in [0.25, 0.3) is 0 Å². The lowest BCUT2D eigenvalue weighted by molar-refractivity contribution is -0.124. The second-order valence-corrected chi connectivity index (χ2v) is 2.85. The van der Waals surface area contributed by atoms with E-state index in [1.807, 2.05) is 0 Å². The smallest absolute Gasteiger partial charge is 0.223 e. The Bertz CT molecular complexity index is 115. The molecule has 2 N–H and O–H groups in total. The van der Waals surface area contributed by atoms with Crippen LogP contribution in [0, 0.1) is 6.54 Å². The second-order valence-electron chi connectivity index (χ2n) is 2.85. The van der Waals surface area contributed by atoms with E-state index in [-0.39, 0.29) is 12.3 Å². The van der Waals surface area contributed by atoms with Crippen LogP contribution in [0.15, 0.2) is 0 Å². The Morgan fingerprint density at radius 2 is 2.20 bits per heavy atom. The lowest BCUT2D eigenvalue weighted by Crippen LogP contribution is -2.30. The van der Waals surface area contributed by atoms with Gasteiger partial charge < -0.3 is 10.4 Å². The minimum Gasteiger partial charge on any atom is -0.390 e. The first-order chi connectivity index (χ1) is 4.45. The summed E-state index contributed by atoms with van der Waals surface area (Å²) in [6.07, 6.45) is 0.136. The Balaban J connectivity index is 3.58. The molecule has 0 aliphatic carbocycles. The van der Waals surface area contributed by atoms with Crippen molar-refractivity contribution in [2.24, 2.45) is 0 Å². The van der Waals surface area contributed by atoms with Crippen molar-refractivity contribution in [3.8, 4) is 0 Å². The van der Waals surface area contributed by atoms with Crippen LogP contribution in [-0.2, 0) is 4.79 Å². The molecule has 0 spiro atoms. The van der Waals surface area contributed by atoms with Gasteiger partial charge in [0.2, 0.25) is 5.91 Å². The Morgan fingerprint density at radius 1 is 1.70 bits per heavy atom. The molecule has 0 saturated heterocycles. The first kappa shape index (κ1) is 9.43. The van der Waals surface area contributed by atoms with E-state index < -0.39 is 5.60 Å². The normalized spacial score (nSPS) is 11.2. The van der Waals surface area contributed by atoms with Crippen LogP contribution in [0.25, 0.3) is 0 Å². The molecule has 0 rings (SSSR count). The van der Waals surface area contributed by atoms with Crippen LogP contribution in [0.3, 0.4) is 0 Å². The van der Waals surface area contributed by atoms with Crippen molar-refractivity contribution in [2.45, 2.75) is 32.8 Å². The van der Waals surface area contributed by atoms with Crippen molar-refractivity contribution in [3.05, 3.63) is 6.54 Å². The third-order valence-electron chi connectivity index (χ3n) is 0.898. The molecule has 0 aromatic heterocycles. The van der Waals surface area contributed by atoms with E-state index >= 15 is 0 Å². The van der Waals surface area contributed by atoms with E-state index in [0.717, 1.165) is 0 Å². The molecular formula is C7H14NO2. The summed E-state index contributed by atoms with van der Waals surface area (Å²) in [5.74, 6) is -0.157. The van der Waals surface area contributed by atoms with E-state index in [9.17, 15) is 4.79 Å². The van der Waals surface area contributed by atoms with Crippen LogP contribution in [0.4, 0.5) is 0 Å². The van der Waals surface area contributed by atoms with Crippen molar-refractivity contribution < 1.29 is 9.90 Å². The number of hydrogen-bond donors (Lipinski definition) is 2. The van der Waals surface area contributed by atoms with E-state index in [0.29, 0.717) is 0 Å². The summed E-state index contributed by atoms with van der Waals surface area (Å²) in [7, 11) is 0. The number of rotatable bonds is 3. The van der Waals surface area contributed by atoms with Gasteiger partial charge in [-0.2, -0.15) is 0 Å². The average Bonchev–Trinajstić information content (AvgIpc) is 1.59. The molecule has 10 heavy (non-hydrogen) atoms. The highest BCUT2D eigenvalue weighted by molar-refractivity contribution is 5.77. The highest BCUT2D eigenvalue weighted by Gasteiger charge is 2.16. The van der Waals surface area contributed by atoms with Crippen LogP contribution >= 0.6 is 0 Å². The van der Waals surface area contributed by atoms with Crippen molar-refractivity contribution >= 4 is 5.91 Å². The molecule has 0 bridgehead atoms. The van der Waals surface area contributed by atoms with Gasteiger partial charge in [0.15, 0.2) is 0 Å². The van der Waals surface area contributed by atoms with Crippen molar-refractivity contribution in [3.63, 3.8) is 0 Å². The number of carbonyl (C=O) groups is 1. The molecule has 0 fully saturated rings. The van der Waals surface area contributed by atoms with Gasteiger partial charge in [0.05, 0.1) is 12.0 Å². The van der Waals surface area contributed by atoms with Crippen LogP contribution in [0.5, 0.6) is 0 Å².